The number of phenolic OH excluding ortho intramolecular Hbond substituents is 1. The smallest absolute Gasteiger partial charge is 0.303 e. The summed E-state index contributed by atoms with van der Waals surface area (Å²) in [5.74, 6) is -0.975. The molecule has 2 aromatic carbocycles. The Kier molecular flexibility index (Phi) is 4.56. The minimum absolute atomic E-state index is 0.205. The molecule has 0 saturated heterocycles. The lowest BCUT2D eigenvalue weighted by molar-refractivity contribution is -0.155. The fourth-order valence-electron chi connectivity index (χ4n) is 4.75. The third kappa shape index (κ3) is 2.72. The monoisotopic (exact) mass is 412 g/mol. The third-order valence-corrected chi connectivity index (χ3v) is 6.55. The molecule has 5 nitrogen and oxygen atoms in total. The molecule has 4 rings (SSSR count). The second kappa shape index (κ2) is 6.71. The summed E-state index contributed by atoms with van der Waals surface area (Å²) >= 11 is 6.01. The Labute approximate surface area is 173 Å². The number of aryl methyl sites for hydroxylation is 1. The van der Waals surface area contributed by atoms with E-state index in [4.69, 9.17) is 16.3 Å². The van der Waals surface area contributed by atoms with Crippen LogP contribution in [0, 0.1) is 5.41 Å². The molecule has 2 atom stereocenters. The van der Waals surface area contributed by atoms with Crippen LogP contribution in [0.1, 0.15) is 31.4 Å². The van der Waals surface area contributed by atoms with Gasteiger partial charge in [-0.25, -0.2) is 0 Å². The van der Waals surface area contributed by atoms with Crippen molar-refractivity contribution in [2.45, 2.75) is 32.3 Å². The molecule has 0 unspecified atom stereocenters. The molecule has 0 aromatic heterocycles. The van der Waals surface area contributed by atoms with Crippen molar-refractivity contribution in [3.05, 3.63) is 58.6 Å². The molecule has 2 aliphatic rings. The van der Waals surface area contributed by atoms with Crippen LogP contribution in [0.5, 0.6) is 5.75 Å². The molecule has 0 spiro atoms. The predicted molar refractivity (Wildman–Crippen MR) is 111 cm³/mol. The highest BCUT2D eigenvalue weighted by molar-refractivity contribution is 6.26. The molecule has 2 aromatic rings. The summed E-state index contributed by atoms with van der Waals surface area (Å²) in [4.78, 5) is 24.1. The number of ether oxygens (including phenoxy) is 1. The fourth-order valence-corrected chi connectivity index (χ4v) is 4.97. The quantitative estimate of drug-likeness (QED) is 0.747. The standard InChI is InChI=1S/C23H21ClO5/c1-13(25)29-12-21(27)23(28)15(11-24)10-20-19-5-3-14-9-16(26)4-6-17(14)18(19)7-8-22(20,23)2/h3-6,9-11,26,28H,7-8,12H2,1-2H3/t22-,23-/m0/s1. The van der Waals surface area contributed by atoms with Gasteiger partial charge in [-0.1, -0.05) is 42.8 Å². The van der Waals surface area contributed by atoms with Gasteiger partial charge in [0.25, 0.3) is 0 Å². The van der Waals surface area contributed by atoms with Gasteiger partial charge in [0.1, 0.15) is 5.75 Å². The second-order valence-corrected chi connectivity index (χ2v) is 8.08. The highest BCUT2D eigenvalue weighted by Gasteiger charge is 2.61. The van der Waals surface area contributed by atoms with Crippen molar-refractivity contribution in [1.29, 1.82) is 0 Å². The Morgan fingerprint density at radius 2 is 2.03 bits per heavy atom. The van der Waals surface area contributed by atoms with E-state index < -0.39 is 29.4 Å². The van der Waals surface area contributed by atoms with E-state index >= 15 is 0 Å². The van der Waals surface area contributed by atoms with E-state index in [1.807, 2.05) is 25.1 Å². The third-order valence-electron chi connectivity index (χ3n) is 6.32. The maximum atomic E-state index is 13.0. The number of esters is 1. The van der Waals surface area contributed by atoms with E-state index in [1.165, 1.54) is 12.5 Å². The van der Waals surface area contributed by atoms with Crippen molar-refractivity contribution >= 4 is 39.7 Å². The predicted octanol–water partition coefficient (Wildman–Crippen LogP) is 3.88. The first-order chi connectivity index (χ1) is 13.7. The number of rotatable bonds is 3. The van der Waals surface area contributed by atoms with Crippen LogP contribution in [-0.2, 0) is 20.7 Å². The number of aliphatic hydroxyl groups is 1. The van der Waals surface area contributed by atoms with Gasteiger partial charge in [-0.15, -0.1) is 0 Å². The molecule has 0 amide bonds. The summed E-state index contributed by atoms with van der Waals surface area (Å²) in [6.45, 7) is 2.55. The van der Waals surface area contributed by atoms with E-state index in [0.29, 0.717) is 18.4 Å². The fraction of sp³-hybridized carbons (Fsp3) is 0.304. The number of fused-ring (bicyclic) bond motifs is 5. The van der Waals surface area contributed by atoms with E-state index in [-0.39, 0.29) is 5.75 Å². The lowest BCUT2D eigenvalue weighted by atomic mass is 9.61. The number of benzene rings is 2. The Morgan fingerprint density at radius 1 is 1.28 bits per heavy atom. The van der Waals surface area contributed by atoms with E-state index in [9.17, 15) is 19.8 Å². The van der Waals surface area contributed by atoms with Crippen LogP contribution in [0.3, 0.4) is 0 Å². The Balaban J connectivity index is 1.85. The first kappa shape index (κ1) is 19.7. The maximum Gasteiger partial charge on any atom is 0.303 e. The van der Waals surface area contributed by atoms with Gasteiger partial charge in [-0.2, -0.15) is 0 Å². The number of hydrogen-bond acceptors (Lipinski definition) is 5. The first-order valence-electron chi connectivity index (χ1n) is 9.39. The van der Waals surface area contributed by atoms with Crippen LogP contribution in [0.15, 0.2) is 47.5 Å². The summed E-state index contributed by atoms with van der Waals surface area (Å²) in [5.41, 5.74) is 1.64. The zero-order valence-corrected chi connectivity index (χ0v) is 16.9. The molecule has 6 heteroatoms. The number of carbonyl (C=O) groups excluding carboxylic acids is 2. The van der Waals surface area contributed by atoms with Crippen molar-refractivity contribution in [2.24, 2.45) is 5.41 Å². The van der Waals surface area contributed by atoms with Crippen molar-refractivity contribution in [3.8, 4) is 5.75 Å². The minimum atomic E-state index is -1.87. The number of halogens is 1. The van der Waals surface area contributed by atoms with Gasteiger partial charge in [0.15, 0.2) is 12.2 Å². The average Bonchev–Trinajstić information content (AvgIpc) is 2.93. The van der Waals surface area contributed by atoms with Crippen LogP contribution in [0.25, 0.3) is 16.3 Å². The van der Waals surface area contributed by atoms with E-state index in [0.717, 1.165) is 27.5 Å². The normalized spacial score (nSPS) is 26.8. The molecule has 0 aliphatic heterocycles. The molecule has 0 radical (unpaired) electrons. The molecule has 29 heavy (non-hydrogen) atoms. The highest BCUT2D eigenvalue weighted by Crippen LogP contribution is 2.60. The SMILES string of the molecule is CC(=O)OCC(=O)[C@@]1(O)C(=CCl)C=C2c3ccc4cc(O)ccc4c3CC[C@@]21C. The Morgan fingerprint density at radius 3 is 2.72 bits per heavy atom. The van der Waals surface area contributed by atoms with E-state index in [2.05, 4.69) is 0 Å². The molecule has 2 N–H and O–H groups in total. The van der Waals surface area contributed by atoms with Crippen LogP contribution in [0.2, 0.25) is 0 Å². The zero-order valence-electron chi connectivity index (χ0n) is 16.2. The van der Waals surface area contributed by atoms with Crippen molar-refractivity contribution in [3.63, 3.8) is 0 Å². The lowest BCUT2D eigenvalue weighted by Gasteiger charge is -2.44. The van der Waals surface area contributed by atoms with Crippen molar-refractivity contribution in [1.82, 2.24) is 0 Å². The van der Waals surface area contributed by atoms with Gasteiger partial charge in [0, 0.05) is 23.4 Å². The highest BCUT2D eigenvalue weighted by atomic mass is 35.5. The lowest BCUT2D eigenvalue weighted by Crippen LogP contribution is -2.54. The molecule has 0 saturated carbocycles. The van der Waals surface area contributed by atoms with Crippen LogP contribution in [-0.4, -0.2) is 34.2 Å². The summed E-state index contributed by atoms with van der Waals surface area (Å²) in [5, 5.41) is 23.3. The van der Waals surface area contributed by atoms with Crippen molar-refractivity contribution < 1.29 is 24.5 Å². The minimum Gasteiger partial charge on any atom is -0.508 e. The summed E-state index contributed by atoms with van der Waals surface area (Å²) in [6, 6.07) is 9.13. The molecule has 150 valence electrons. The topological polar surface area (TPSA) is 83.8 Å². The Bertz CT molecular complexity index is 1120. The van der Waals surface area contributed by atoms with Gasteiger partial charge in [0.05, 0.1) is 0 Å². The molecule has 2 aliphatic carbocycles. The molecule has 0 fully saturated rings. The molecule has 0 bridgehead atoms. The second-order valence-electron chi connectivity index (χ2n) is 7.87. The van der Waals surface area contributed by atoms with Gasteiger partial charge >= 0.3 is 5.97 Å². The molecular formula is C23H21ClO5. The largest absolute Gasteiger partial charge is 0.508 e. The molecular weight excluding hydrogens is 392 g/mol. The van der Waals surface area contributed by atoms with Crippen LogP contribution < -0.4 is 0 Å². The first-order valence-corrected chi connectivity index (χ1v) is 9.83. The summed E-state index contributed by atoms with van der Waals surface area (Å²) in [7, 11) is 0. The summed E-state index contributed by atoms with van der Waals surface area (Å²) in [6.07, 6.45) is 2.93. The van der Waals surface area contributed by atoms with Crippen LogP contribution >= 0.6 is 11.6 Å². The van der Waals surface area contributed by atoms with E-state index in [1.54, 1.807) is 18.2 Å². The number of carbonyl (C=O) groups is 2. The summed E-state index contributed by atoms with van der Waals surface area (Å²) < 4.78 is 4.87. The zero-order chi connectivity index (χ0) is 21.0. The van der Waals surface area contributed by atoms with Gasteiger partial charge < -0.3 is 14.9 Å². The number of ketones is 1. The van der Waals surface area contributed by atoms with Gasteiger partial charge in [-0.3, -0.25) is 9.59 Å². The maximum absolute atomic E-state index is 13.0. The van der Waals surface area contributed by atoms with Crippen molar-refractivity contribution in [2.75, 3.05) is 6.61 Å². The number of phenols is 1. The van der Waals surface area contributed by atoms with Gasteiger partial charge in [0.2, 0.25) is 5.78 Å². The average molecular weight is 413 g/mol. The number of aromatic hydroxyl groups is 1. The van der Waals surface area contributed by atoms with Gasteiger partial charge in [-0.05, 0) is 52.4 Å². The number of Topliss-reactive ketones (excluding diaryl/α,β-unsaturated/α-hetero) is 1. The molecule has 0 heterocycles. The van der Waals surface area contributed by atoms with Crippen LogP contribution in [0.4, 0.5) is 0 Å². The number of hydrogen-bond donors (Lipinski definition) is 2. The Hall–Kier alpha value is -2.63.